The van der Waals surface area contributed by atoms with Crippen molar-refractivity contribution >= 4 is 45.0 Å². The van der Waals surface area contributed by atoms with E-state index in [-0.39, 0.29) is 12.3 Å². The van der Waals surface area contributed by atoms with Crippen LogP contribution in [0, 0.1) is 5.92 Å². The highest BCUT2D eigenvalue weighted by molar-refractivity contribution is 9.10. The highest BCUT2D eigenvalue weighted by Crippen LogP contribution is 2.35. The fourth-order valence-corrected chi connectivity index (χ4v) is 2.48. The summed E-state index contributed by atoms with van der Waals surface area (Å²) in [4.78, 5) is 24.4. The van der Waals surface area contributed by atoms with Crippen molar-refractivity contribution in [2.24, 2.45) is 11.7 Å². The van der Waals surface area contributed by atoms with Crippen LogP contribution in [-0.2, 0) is 9.59 Å². The maximum absolute atomic E-state index is 11.8. The number of carbonyl (C=O) groups is 2. The van der Waals surface area contributed by atoms with E-state index in [2.05, 4.69) is 15.9 Å². The van der Waals surface area contributed by atoms with E-state index in [4.69, 9.17) is 17.3 Å². The largest absolute Gasteiger partial charge is 0.369 e. The monoisotopic (exact) mass is 316 g/mol. The molecule has 2 amide bonds. The molecular weight excluding hydrogens is 307 g/mol. The molecule has 0 aromatic heterocycles. The molecule has 1 aromatic rings. The molecule has 2 N–H and O–H groups in total. The lowest BCUT2D eigenvalue weighted by atomic mass is 10.1. The maximum atomic E-state index is 11.8. The Morgan fingerprint density at radius 2 is 2.24 bits per heavy atom. The zero-order valence-corrected chi connectivity index (χ0v) is 11.2. The van der Waals surface area contributed by atoms with Gasteiger partial charge < -0.3 is 10.6 Å². The van der Waals surface area contributed by atoms with Crippen molar-refractivity contribution < 1.29 is 9.59 Å². The number of hydrogen-bond acceptors (Lipinski definition) is 2. The summed E-state index contributed by atoms with van der Waals surface area (Å²) in [6.45, 7) is 0.313. The van der Waals surface area contributed by atoms with Gasteiger partial charge in [0.15, 0.2) is 0 Å². The number of benzene rings is 1. The van der Waals surface area contributed by atoms with Crippen molar-refractivity contribution in [1.82, 2.24) is 0 Å². The second-order valence-corrected chi connectivity index (χ2v) is 5.08. The molecule has 90 valence electrons. The Morgan fingerprint density at radius 3 is 2.82 bits per heavy atom. The Morgan fingerprint density at radius 1 is 1.53 bits per heavy atom. The summed E-state index contributed by atoms with van der Waals surface area (Å²) in [5.74, 6) is -0.982. The number of nitrogens with two attached hydrogens (primary N) is 1. The van der Waals surface area contributed by atoms with E-state index >= 15 is 0 Å². The molecule has 0 spiro atoms. The summed E-state index contributed by atoms with van der Waals surface area (Å²) in [7, 11) is 0. The first-order chi connectivity index (χ1) is 8.00. The average molecular weight is 318 g/mol. The molecular formula is C11H10BrClN2O2. The first-order valence-corrected chi connectivity index (χ1v) is 6.21. The lowest BCUT2D eigenvalue weighted by molar-refractivity contribution is -0.123. The predicted molar refractivity (Wildman–Crippen MR) is 68.8 cm³/mol. The maximum Gasteiger partial charge on any atom is 0.227 e. The van der Waals surface area contributed by atoms with Crippen LogP contribution < -0.4 is 10.6 Å². The van der Waals surface area contributed by atoms with Crippen LogP contribution >= 0.6 is 27.5 Å². The summed E-state index contributed by atoms with van der Waals surface area (Å²) in [5.41, 5.74) is 5.89. The quantitative estimate of drug-likeness (QED) is 0.906. The average Bonchev–Trinajstić information content (AvgIpc) is 2.65. The van der Waals surface area contributed by atoms with Crippen molar-refractivity contribution in [2.75, 3.05) is 11.4 Å². The Labute approximate surface area is 112 Å². The van der Waals surface area contributed by atoms with Gasteiger partial charge in [-0.3, -0.25) is 9.59 Å². The molecule has 0 radical (unpaired) electrons. The number of amides is 2. The topological polar surface area (TPSA) is 63.4 Å². The van der Waals surface area contributed by atoms with Crippen molar-refractivity contribution in [3.63, 3.8) is 0 Å². The van der Waals surface area contributed by atoms with E-state index in [1.807, 2.05) is 0 Å². The Kier molecular flexibility index (Phi) is 3.40. The molecule has 1 aliphatic rings. The number of rotatable bonds is 2. The van der Waals surface area contributed by atoms with Gasteiger partial charge in [-0.05, 0) is 28.1 Å². The Balaban J connectivity index is 2.32. The summed E-state index contributed by atoms with van der Waals surface area (Å²) in [6, 6.07) is 5.26. The highest BCUT2D eigenvalue weighted by Gasteiger charge is 2.34. The van der Waals surface area contributed by atoms with Crippen LogP contribution in [0.3, 0.4) is 0 Å². The predicted octanol–water partition coefficient (Wildman–Crippen LogP) is 1.94. The molecule has 0 bridgehead atoms. The third kappa shape index (κ3) is 2.30. The zero-order chi connectivity index (χ0) is 12.6. The van der Waals surface area contributed by atoms with Crippen LogP contribution in [0.15, 0.2) is 22.7 Å². The van der Waals surface area contributed by atoms with E-state index in [1.165, 1.54) is 4.90 Å². The van der Waals surface area contributed by atoms with Gasteiger partial charge in [0.05, 0.1) is 21.1 Å². The van der Waals surface area contributed by atoms with Gasteiger partial charge in [0.2, 0.25) is 11.8 Å². The molecule has 17 heavy (non-hydrogen) atoms. The third-order valence-electron chi connectivity index (χ3n) is 2.75. The van der Waals surface area contributed by atoms with Gasteiger partial charge in [-0.25, -0.2) is 0 Å². The molecule has 1 saturated heterocycles. The van der Waals surface area contributed by atoms with Crippen LogP contribution in [0.2, 0.25) is 5.02 Å². The second kappa shape index (κ2) is 4.66. The number of carbonyl (C=O) groups excluding carboxylic acids is 2. The molecule has 1 atom stereocenters. The second-order valence-electron chi connectivity index (χ2n) is 3.88. The van der Waals surface area contributed by atoms with Crippen LogP contribution in [0.25, 0.3) is 0 Å². The lowest BCUT2D eigenvalue weighted by Crippen LogP contribution is -2.28. The number of halogens is 2. The molecule has 1 aliphatic heterocycles. The van der Waals surface area contributed by atoms with E-state index in [0.717, 1.165) is 0 Å². The van der Waals surface area contributed by atoms with Crippen molar-refractivity contribution in [2.45, 2.75) is 6.42 Å². The van der Waals surface area contributed by atoms with Crippen LogP contribution in [-0.4, -0.2) is 18.4 Å². The summed E-state index contributed by atoms with van der Waals surface area (Å²) < 4.78 is 0.653. The van der Waals surface area contributed by atoms with Crippen LogP contribution in [0.5, 0.6) is 0 Å². The molecule has 1 unspecified atom stereocenters. The first-order valence-electron chi connectivity index (χ1n) is 5.04. The minimum Gasteiger partial charge on any atom is -0.369 e. The SMILES string of the molecule is NC(=O)C1CC(=O)N(c2cccc(Cl)c2Br)C1. The minimum atomic E-state index is -0.445. The first kappa shape index (κ1) is 12.4. The molecule has 1 fully saturated rings. The summed E-state index contributed by atoms with van der Waals surface area (Å²) >= 11 is 9.30. The van der Waals surface area contributed by atoms with Gasteiger partial charge in [0.1, 0.15) is 0 Å². The van der Waals surface area contributed by atoms with Gasteiger partial charge in [-0.15, -0.1) is 0 Å². The number of anilines is 1. The van der Waals surface area contributed by atoms with Gasteiger partial charge in [-0.2, -0.15) is 0 Å². The molecule has 2 rings (SSSR count). The highest BCUT2D eigenvalue weighted by atomic mass is 79.9. The Bertz CT molecular complexity index is 492. The molecule has 1 aromatic carbocycles. The molecule has 6 heteroatoms. The number of primary amides is 1. The summed E-state index contributed by atoms with van der Waals surface area (Å²) in [6.07, 6.45) is 0.161. The van der Waals surface area contributed by atoms with Crippen molar-refractivity contribution in [3.05, 3.63) is 27.7 Å². The molecule has 0 aliphatic carbocycles. The van der Waals surface area contributed by atoms with Gasteiger partial charge in [0.25, 0.3) is 0 Å². The normalized spacial score (nSPS) is 19.8. The van der Waals surface area contributed by atoms with Gasteiger partial charge in [0, 0.05) is 13.0 Å². The van der Waals surface area contributed by atoms with E-state index < -0.39 is 11.8 Å². The van der Waals surface area contributed by atoms with Crippen LogP contribution in [0.4, 0.5) is 5.69 Å². The van der Waals surface area contributed by atoms with Gasteiger partial charge >= 0.3 is 0 Å². The molecule has 4 nitrogen and oxygen atoms in total. The third-order valence-corrected chi connectivity index (χ3v) is 4.13. The van der Waals surface area contributed by atoms with Crippen molar-refractivity contribution in [3.8, 4) is 0 Å². The number of hydrogen-bond donors (Lipinski definition) is 1. The van der Waals surface area contributed by atoms with E-state index in [0.29, 0.717) is 21.7 Å². The van der Waals surface area contributed by atoms with Crippen molar-refractivity contribution in [1.29, 1.82) is 0 Å². The zero-order valence-electron chi connectivity index (χ0n) is 8.82. The van der Waals surface area contributed by atoms with E-state index in [9.17, 15) is 9.59 Å². The molecule has 1 heterocycles. The minimum absolute atomic E-state index is 0.114. The smallest absolute Gasteiger partial charge is 0.227 e. The molecule has 0 saturated carbocycles. The standard InChI is InChI=1S/C11H10BrClN2O2/c12-10-7(13)2-1-3-8(10)15-5-6(11(14)17)4-9(15)16/h1-3,6H,4-5H2,(H2,14,17). The Hall–Kier alpha value is -1.07. The van der Waals surface area contributed by atoms with Crippen LogP contribution in [0.1, 0.15) is 6.42 Å². The fourth-order valence-electron chi connectivity index (χ4n) is 1.83. The summed E-state index contributed by atoms with van der Waals surface area (Å²) in [5, 5.41) is 0.526. The number of nitrogens with zero attached hydrogens (tertiary/aromatic N) is 1. The van der Waals surface area contributed by atoms with Gasteiger partial charge in [-0.1, -0.05) is 17.7 Å². The lowest BCUT2D eigenvalue weighted by Gasteiger charge is -2.18. The fraction of sp³-hybridized carbons (Fsp3) is 0.273. The van der Waals surface area contributed by atoms with E-state index in [1.54, 1.807) is 18.2 Å².